The van der Waals surface area contributed by atoms with E-state index in [0.29, 0.717) is 18.3 Å². The van der Waals surface area contributed by atoms with E-state index in [1.807, 2.05) is 26.0 Å². The summed E-state index contributed by atoms with van der Waals surface area (Å²) >= 11 is 1.14. The van der Waals surface area contributed by atoms with Gasteiger partial charge in [-0.3, -0.25) is 4.79 Å². The Morgan fingerprint density at radius 2 is 1.92 bits per heavy atom. The van der Waals surface area contributed by atoms with Gasteiger partial charge >= 0.3 is 0 Å². The number of nitrogens with one attached hydrogen (secondary N) is 1. The van der Waals surface area contributed by atoms with Crippen LogP contribution in [-0.2, 0) is 4.79 Å². The fourth-order valence-electron chi connectivity index (χ4n) is 1.95. The normalized spacial score (nSPS) is 10.4. The van der Waals surface area contributed by atoms with Gasteiger partial charge in [0.2, 0.25) is 17.8 Å². The molecule has 0 aliphatic carbocycles. The van der Waals surface area contributed by atoms with E-state index in [4.69, 9.17) is 16.2 Å². The maximum Gasteiger partial charge on any atom is 0.230 e. The van der Waals surface area contributed by atoms with E-state index in [0.717, 1.165) is 23.1 Å². The van der Waals surface area contributed by atoms with Crippen LogP contribution in [0.15, 0.2) is 23.4 Å². The summed E-state index contributed by atoms with van der Waals surface area (Å²) in [5, 5.41) is 3.09. The first-order valence-electron chi connectivity index (χ1n) is 7.30. The number of ether oxygens (including phenoxy) is 1. The Bertz CT molecular complexity index is 705. The summed E-state index contributed by atoms with van der Waals surface area (Å²) in [7, 11) is 0. The van der Waals surface area contributed by atoms with Crippen LogP contribution in [0.25, 0.3) is 0 Å². The highest BCUT2D eigenvalue weighted by Crippen LogP contribution is 2.18. The van der Waals surface area contributed by atoms with Gasteiger partial charge in [-0.1, -0.05) is 29.5 Å². The van der Waals surface area contributed by atoms with Crippen molar-refractivity contribution in [3.05, 3.63) is 29.3 Å². The second-order valence-electron chi connectivity index (χ2n) is 5.09. The highest BCUT2D eigenvalue weighted by Gasteiger charge is 2.07. The van der Waals surface area contributed by atoms with E-state index in [-0.39, 0.29) is 23.6 Å². The number of nitrogens with zero attached hydrogens (tertiary/aromatic N) is 3. The van der Waals surface area contributed by atoms with Gasteiger partial charge in [0.1, 0.15) is 12.4 Å². The van der Waals surface area contributed by atoms with E-state index in [1.165, 1.54) is 5.56 Å². The SMILES string of the molecule is Cc1ccc(OCCNC(=O)CSc2nc(N)nc(N)n2)c(C)c1. The van der Waals surface area contributed by atoms with Crippen molar-refractivity contribution < 1.29 is 9.53 Å². The number of nitrogen functional groups attached to an aromatic ring is 2. The molecule has 24 heavy (non-hydrogen) atoms. The molecule has 2 rings (SSSR count). The zero-order chi connectivity index (χ0) is 17.5. The molecule has 0 aliphatic rings. The van der Waals surface area contributed by atoms with Crippen molar-refractivity contribution >= 4 is 29.6 Å². The molecule has 0 radical (unpaired) electrons. The maximum absolute atomic E-state index is 11.8. The number of carbonyl (C=O) groups is 1. The largest absolute Gasteiger partial charge is 0.491 e. The standard InChI is InChI=1S/C15H20N6O2S/c1-9-3-4-11(10(2)7-9)23-6-5-18-12(22)8-24-15-20-13(16)19-14(17)21-15/h3-4,7H,5-6,8H2,1-2H3,(H,18,22)(H4,16,17,19,20,21). The number of thioether (sulfide) groups is 1. The third-order valence-electron chi connectivity index (χ3n) is 2.99. The quantitative estimate of drug-likeness (QED) is 0.498. The molecule has 0 bridgehead atoms. The third kappa shape index (κ3) is 5.58. The van der Waals surface area contributed by atoms with Crippen LogP contribution >= 0.6 is 11.8 Å². The topological polar surface area (TPSA) is 129 Å². The smallest absolute Gasteiger partial charge is 0.230 e. The van der Waals surface area contributed by atoms with Gasteiger partial charge in [-0.25, -0.2) is 0 Å². The molecule has 128 valence electrons. The predicted molar refractivity (Wildman–Crippen MR) is 93.8 cm³/mol. The summed E-state index contributed by atoms with van der Waals surface area (Å²) in [5.41, 5.74) is 13.2. The maximum atomic E-state index is 11.8. The fourth-order valence-corrected chi connectivity index (χ4v) is 2.63. The first kappa shape index (κ1) is 17.8. The zero-order valence-electron chi connectivity index (χ0n) is 13.6. The molecule has 2 aromatic rings. The average molecular weight is 348 g/mol. The van der Waals surface area contributed by atoms with Crippen molar-refractivity contribution in [3.63, 3.8) is 0 Å². The highest BCUT2D eigenvalue weighted by molar-refractivity contribution is 7.99. The van der Waals surface area contributed by atoms with Crippen LogP contribution in [0.5, 0.6) is 5.75 Å². The first-order chi connectivity index (χ1) is 11.4. The Balaban J connectivity index is 1.69. The van der Waals surface area contributed by atoms with Crippen molar-refractivity contribution in [2.45, 2.75) is 19.0 Å². The van der Waals surface area contributed by atoms with E-state index in [1.54, 1.807) is 0 Å². The number of rotatable bonds is 7. The van der Waals surface area contributed by atoms with Gasteiger partial charge in [0.05, 0.1) is 12.3 Å². The van der Waals surface area contributed by atoms with Gasteiger partial charge in [0.15, 0.2) is 5.16 Å². The van der Waals surface area contributed by atoms with Gasteiger partial charge in [-0.05, 0) is 25.5 Å². The van der Waals surface area contributed by atoms with Gasteiger partial charge in [0, 0.05) is 0 Å². The summed E-state index contributed by atoms with van der Waals surface area (Å²) in [6.45, 7) is 4.83. The second-order valence-corrected chi connectivity index (χ2v) is 6.03. The molecule has 0 saturated carbocycles. The van der Waals surface area contributed by atoms with Gasteiger partial charge < -0.3 is 21.5 Å². The molecule has 1 aromatic carbocycles. The van der Waals surface area contributed by atoms with Gasteiger partial charge in [-0.15, -0.1) is 0 Å². The molecule has 0 aliphatic heterocycles. The number of aromatic nitrogens is 3. The molecule has 5 N–H and O–H groups in total. The minimum Gasteiger partial charge on any atom is -0.491 e. The monoisotopic (exact) mass is 348 g/mol. The Kier molecular flexibility index (Phi) is 6.19. The molecule has 8 nitrogen and oxygen atoms in total. The highest BCUT2D eigenvalue weighted by atomic mass is 32.2. The minimum absolute atomic E-state index is 0.0345. The third-order valence-corrected chi connectivity index (χ3v) is 3.84. The summed E-state index contributed by atoms with van der Waals surface area (Å²) in [5.74, 6) is 0.897. The van der Waals surface area contributed by atoms with Crippen molar-refractivity contribution in [1.29, 1.82) is 0 Å². The van der Waals surface area contributed by atoms with Crippen LogP contribution < -0.4 is 21.5 Å². The lowest BCUT2D eigenvalue weighted by atomic mass is 10.1. The number of carbonyl (C=O) groups excluding carboxylic acids is 1. The molecule has 9 heteroatoms. The molecule has 1 aromatic heterocycles. The minimum atomic E-state index is -0.151. The van der Waals surface area contributed by atoms with Crippen LogP contribution in [0.3, 0.4) is 0 Å². The van der Waals surface area contributed by atoms with E-state index < -0.39 is 0 Å². The fraction of sp³-hybridized carbons (Fsp3) is 0.333. The number of benzene rings is 1. The second kappa shape index (κ2) is 8.34. The molecular formula is C15H20N6O2S. The lowest BCUT2D eigenvalue weighted by Crippen LogP contribution is -2.29. The number of nitrogens with two attached hydrogens (primary N) is 2. The number of hydrogen-bond donors (Lipinski definition) is 3. The molecule has 0 atom stereocenters. The predicted octanol–water partition coefficient (Wildman–Crippen LogP) is 0.940. The Morgan fingerprint density at radius 3 is 2.58 bits per heavy atom. The van der Waals surface area contributed by atoms with Gasteiger partial charge in [0.25, 0.3) is 0 Å². The van der Waals surface area contributed by atoms with E-state index >= 15 is 0 Å². The lowest BCUT2D eigenvalue weighted by molar-refractivity contribution is -0.118. The van der Waals surface area contributed by atoms with Crippen molar-refractivity contribution in [1.82, 2.24) is 20.3 Å². The first-order valence-corrected chi connectivity index (χ1v) is 8.29. The average Bonchev–Trinajstić information content (AvgIpc) is 2.50. The van der Waals surface area contributed by atoms with Gasteiger partial charge in [-0.2, -0.15) is 15.0 Å². The van der Waals surface area contributed by atoms with Crippen LogP contribution in [0, 0.1) is 13.8 Å². The summed E-state index contributed by atoms with van der Waals surface area (Å²) in [4.78, 5) is 23.2. The number of aryl methyl sites for hydroxylation is 2. The Morgan fingerprint density at radius 1 is 1.21 bits per heavy atom. The van der Waals surface area contributed by atoms with Crippen LogP contribution in [-0.4, -0.2) is 39.8 Å². The molecular weight excluding hydrogens is 328 g/mol. The number of amides is 1. The number of hydrogen-bond acceptors (Lipinski definition) is 8. The molecule has 0 unspecified atom stereocenters. The molecule has 0 saturated heterocycles. The van der Waals surface area contributed by atoms with E-state index in [2.05, 4.69) is 26.3 Å². The van der Waals surface area contributed by atoms with Crippen LogP contribution in [0.2, 0.25) is 0 Å². The molecule has 0 fully saturated rings. The van der Waals surface area contributed by atoms with Crippen molar-refractivity contribution in [2.75, 3.05) is 30.4 Å². The lowest BCUT2D eigenvalue weighted by Gasteiger charge is -2.10. The summed E-state index contributed by atoms with van der Waals surface area (Å²) in [6.07, 6.45) is 0. The zero-order valence-corrected chi connectivity index (χ0v) is 14.4. The summed E-state index contributed by atoms with van der Waals surface area (Å²) < 4.78 is 5.65. The molecule has 1 heterocycles. The van der Waals surface area contributed by atoms with Crippen LogP contribution in [0.1, 0.15) is 11.1 Å². The Labute approximate surface area is 144 Å². The van der Waals surface area contributed by atoms with E-state index in [9.17, 15) is 4.79 Å². The van der Waals surface area contributed by atoms with Crippen LogP contribution in [0.4, 0.5) is 11.9 Å². The van der Waals surface area contributed by atoms with Crippen molar-refractivity contribution in [2.24, 2.45) is 0 Å². The molecule has 0 spiro atoms. The van der Waals surface area contributed by atoms with Crippen molar-refractivity contribution in [3.8, 4) is 5.75 Å². The summed E-state index contributed by atoms with van der Waals surface area (Å²) in [6, 6.07) is 5.97. The number of anilines is 2. The molecule has 1 amide bonds. The Hall–Kier alpha value is -2.55.